The van der Waals surface area contributed by atoms with Crippen molar-refractivity contribution in [3.8, 4) is 28.6 Å². The maximum atomic E-state index is 11.9. The maximum Gasteiger partial charge on any atom is 0.318 e. The van der Waals surface area contributed by atoms with E-state index in [9.17, 15) is 4.79 Å². The third kappa shape index (κ3) is 4.71. The molecule has 0 spiro atoms. The molecule has 1 heterocycles. The highest BCUT2D eigenvalue weighted by atomic mass is 32.2. The van der Waals surface area contributed by atoms with Crippen LogP contribution in [0.3, 0.4) is 0 Å². The Bertz CT molecular complexity index is 955. The van der Waals surface area contributed by atoms with Crippen LogP contribution in [0, 0.1) is 0 Å². The summed E-state index contributed by atoms with van der Waals surface area (Å²) in [6.45, 7) is 4.32. The Balaban J connectivity index is 2.04. The van der Waals surface area contributed by atoms with Gasteiger partial charge in [-0.3, -0.25) is 9.36 Å². The molecule has 29 heavy (non-hydrogen) atoms. The van der Waals surface area contributed by atoms with Gasteiger partial charge in [-0.15, -0.1) is 10.2 Å². The van der Waals surface area contributed by atoms with E-state index in [1.165, 1.54) is 18.9 Å². The number of benzene rings is 2. The van der Waals surface area contributed by atoms with Gasteiger partial charge in [-0.1, -0.05) is 11.8 Å². The van der Waals surface area contributed by atoms with Crippen molar-refractivity contribution < 1.29 is 19.0 Å². The first-order valence-electron chi connectivity index (χ1n) is 9.15. The SMILES string of the molecule is CCOc1ccc(-n2c(SC(C)C(=O)OC)nnc2-c2ccc(OC)cc2)cc1. The maximum absolute atomic E-state index is 11.9. The van der Waals surface area contributed by atoms with E-state index in [2.05, 4.69) is 10.2 Å². The van der Waals surface area contributed by atoms with E-state index in [1.807, 2.05) is 60.0 Å². The molecule has 2 aromatic carbocycles. The summed E-state index contributed by atoms with van der Waals surface area (Å²) in [6, 6.07) is 15.3. The van der Waals surface area contributed by atoms with Gasteiger partial charge in [0.1, 0.15) is 16.7 Å². The first-order chi connectivity index (χ1) is 14.1. The summed E-state index contributed by atoms with van der Waals surface area (Å²) in [5.41, 5.74) is 1.74. The molecule has 0 amide bonds. The number of carbonyl (C=O) groups is 1. The summed E-state index contributed by atoms with van der Waals surface area (Å²) in [4.78, 5) is 11.9. The van der Waals surface area contributed by atoms with Gasteiger partial charge in [0.2, 0.25) is 0 Å². The van der Waals surface area contributed by atoms with Gasteiger partial charge in [-0.25, -0.2) is 0 Å². The Morgan fingerprint density at radius 2 is 1.69 bits per heavy atom. The standard InChI is InChI=1S/C21H23N3O4S/c1-5-28-18-12-8-16(9-13-18)24-19(15-6-10-17(26-3)11-7-15)22-23-21(24)29-14(2)20(25)27-4/h6-14H,5H2,1-4H3. The van der Waals surface area contributed by atoms with Crippen LogP contribution in [0.15, 0.2) is 53.7 Å². The van der Waals surface area contributed by atoms with E-state index < -0.39 is 5.25 Å². The number of carbonyl (C=O) groups excluding carboxylic acids is 1. The molecule has 7 nitrogen and oxygen atoms in total. The summed E-state index contributed by atoms with van der Waals surface area (Å²) in [5.74, 6) is 1.89. The second-order valence-corrected chi connectivity index (χ2v) is 7.39. The molecule has 0 aliphatic carbocycles. The summed E-state index contributed by atoms with van der Waals surface area (Å²) in [7, 11) is 3.00. The molecule has 0 N–H and O–H groups in total. The van der Waals surface area contributed by atoms with Gasteiger partial charge in [0.25, 0.3) is 0 Å². The molecule has 1 aromatic heterocycles. The van der Waals surface area contributed by atoms with Crippen molar-refractivity contribution in [1.29, 1.82) is 0 Å². The number of hydrogen-bond acceptors (Lipinski definition) is 7. The quantitative estimate of drug-likeness (QED) is 0.408. The van der Waals surface area contributed by atoms with E-state index in [-0.39, 0.29) is 5.97 Å². The second kappa shape index (κ2) is 9.47. The molecule has 0 aliphatic heterocycles. The van der Waals surface area contributed by atoms with Gasteiger partial charge in [0.15, 0.2) is 11.0 Å². The number of aromatic nitrogens is 3. The third-order valence-corrected chi connectivity index (χ3v) is 5.22. The number of ether oxygens (including phenoxy) is 3. The second-order valence-electron chi connectivity index (χ2n) is 6.08. The lowest BCUT2D eigenvalue weighted by Crippen LogP contribution is -2.15. The van der Waals surface area contributed by atoms with E-state index >= 15 is 0 Å². The normalized spacial score (nSPS) is 11.7. The van der Waals surface area contributed by atoms with Crippen molar-refractivity contribution in [3.05, 3.63) is 48.5 Å². The monoisotopic (exact) mass is 413 g/mol. The molecule has 1 atom stereocenters. The highest BCUT2D eigenvalue weighted by Crippen LogP contribution is 2.31. The number of nitrogens with zero attached hydrogens (tertiary/aromatic N) is 3. The summed E-state index contributed by atoms with van der Waals surface area (Å²) in [6.07, 6.45) is 0. The van der Waals surface area contributed by atoms with Crippen LogP contribution in [0.2, 0.25) is 0 Å². The Morgan fingerprint density at radius 1 is 1.03 bits per heavy atom. The molecular formula is C21H23N3O4S. The zero-order valence-corrected chi connectivity index (χ0v) is 17.6. The van der Waals surface area contributed by atoms with Crippen LogP contribution in [0.25, 0.3) is 17.1 Å². The largest absolute Gasteiger partial charge is 0.497 e. The molecule has 3 rings (SSSR count). The molecule has 0 aliphatic rings. The average Bonchev–Trinajstić information content (AvgIpc) is 3.17. The van der Waals surface area contributed by atoms with Crippen molar-refractivity contribution >= 4 is 17.7 Å². The predicted molar refractivity (Wildman–Crippen MR) is 112 cm³/mol. The van der Waals surface area contributed by atoms with Crippen LogP contribution >= 0.6 is 11.8 Å². The lowest BCUT2D eigenvalue weighted by molar-refractivity contribution is -0.139. The minimum Gasteiger partial charge on any atom is -0.497 e. The molecule has 0 bridgehead atoms. The predicted octanol–water partition coefficient (Wildman–Crippen LogP) is 4.00. The molecule has 0 saturated carbocycles. The van der Waals surface area contributed by atoms with Gasteiger partial charge in [0, 0.05) is 11.3 Å². The number of rotatable bonds is 8. The molecule has 0 fully saturated rings. The third-order valence-electron chi connectivity index (χ3n) is 4.20. The summed E-state index contributed by atoms with van der Waals surface area (Å²) in [5, 5.41) is 8.89. The molecular weight excluding hydrogens is 390 g/mol. The van der Waals surface area contributed by atoms with Gasteiger partial charge < -0.3 is 14.2 Å². The van der Waals surface area contributed by atoms with Crippen molar-refractivity contribution in [2.75, 3.05) is 20.8 Å². The van der Waals surface area contributed by atoms with Gasteiger partial charge in [0.05, 0.1) is 20.8 Å². The van der Waals surface area contributed by atoms with E-state index in [0.717, 1.165) is 22.7 Å². The van der Waals surface area contributed by atoms with Crippen molar-refractivity contribution in [3.63, 3.8) is 0 Å². The molecule has 0 radical (unpaired) electrons. The van der Waals surface area contributed by atoms with Crippen molar-refractivity contribution in [1.82, 2.24) is 14.8 Å². The van der Waals surface area contributed by atoms with Crippen LogP contribution < -0.4 is 9.47 Å². The van der Waals surface area contributed by atoms with Crippen LogP contribution in [0.4, 0.5) is 0 Å². The first-order valence-corrected chi connectivity index (χ1v) is 10.0. The fraction of sp³-hybridized carbons (Fsp3) is 0.286. The van der Waals surface area contributed by atoms with Crippen LogP contribution in [0.5, 0.6) is 11.5 Å². The van der Waals surface area contributed by atoms with Crippen molar-refractivity contribution in [2.45, 2.75) is 24.3 Å². The smallest absolute Gasteiger partial charge is 0.318 e. The minimum atomic E-state index is -0.422. The van der Waals surface area contributed by atoms with Crippen LogP contribution in [-0.2, 0) is 9.53 Å². The molecule has 8 heteroatoms. The molecule has 3 aromatic rings. The zero-order chi connectivity index (χ0) is 20.8. The highest BCUT2D eigenvalue weighted by molar-refractivity contribution is 8.00. The zero-order valence-electron chi connectivity index (χ0n) is 16.8. The average molecular weight is 413 g/mol. The minimum absolute atomic E-state index is 0.317. The number of methoxy groups -OCH3 is 2. The Kier molecular flexibility index (Phi) is 6.77. The van der Waals surface area contributed by atoms with E-state index in [1.54, 1.807) is 14.0 Å². The molecule has 1 unspecified atom stereocenters. The van der Waals surface area contributed by atoms with Crippen molar-refractivity contribution in [2.24, 2.45) is 0 Å². The highest BCUT2D eigenvalue weighted by Gasteiger charge is 2.22. The Morgan fingerprint density at radius 3 is 2.28 bits per heavy atom. The summed E-state index contributed by atoms with van der Waals surface area (Å²) >= 11 is 1.29. The van der Waals surface area contributed by atoms with E-state index in [4.69, 9.17) is 14.2 Å². The first kappa shape index (κ1) is 20.7. The van der Waals surface area contributed by atoms with Crippen LogP contribution in [0.1, 0.15) is 13.8 Å². The molecule has 0 saturated heterocycles. The lowest BCUT2D eigenvalue weighted by Gasteiger charge is -2.13. The fourth-order valence-corrected chi connectivity index (χ4v) is 3.63. The van der Waals surface area contributed by atoms with Gasteiger partial charge in [-0.05, 0) is 62.4 Å². The van der Waals surface area contributed by atoms with Gasteiger partial charge in [-0.2, -0.15) is 0 Å². The lowest BCUT2D eigenvalue weighted by atomic mass is 10.2. The van der Waals surface area contributed by atoms with E-state index in [0.29, 0.717) is 17.6 Å². The number of thioether (sulfide) groups is 1. The Labute approximate surface area is 174 Å². The molecule has 152 valence electrons. The summed E-state index contributed by atoms with van der Waals surface area (Å²) < 4.78 is 17.5. The fourth-order valence-electron chi connectivity index (χ4n) is 2.74. The number of hydrogen-bond donors (Lipinski definition) is 0. The van der Waals surface area contributed by atoms with Crippen LogP contribution in [-0.4, -0.2) is 46.8 Å². The number of esters is 1. The Hall–Kier alpha value is -3.00. The van der Waals surface area contributed by atoms with Gasteiger partial charge >= 0.3 is 5.97 Å². The topological polar surface area (TPSA) is 75.5 Å².